The summed E-state index contributed by atoms with van der Waals surface area (Å²) in [5, 5.41) is 14.0. The van der Waals surface area contributed by atoms with Crippen molar-refractivity contribution in [3.05, 3.63) is 23.8 Å². The van der Waals surface area contributed by atoms with Crippen LogP contribution in [0, 0.1) is 17.2 Å². The highest BCUT2D eigenvalue weighted by Gasteiger charge is 2.23. The number of benzene rings is 1. The molecule has 1 fully saturated rings. The third-order valence-electron chi connectivity index (χ3n) is 2.56. The summed E-state index contributed by atoms with van der Waals surface area (Å²) in [7, 11) is -3.90. The van der Waals surface area contributed by atoms with Gasteiger partial charge in [-0.05, 0) is 30.9 Å². The fourth-order valence-corrected chi connectivity index (χ4v) is 1.97. The van der Waals surface area contributed by atoms with Gasteiger partial charge in [0, 0.05) is 0 Å². The van der Waals surface area contributed by atoms with Crippen molar-refractivity contribution in [3.63, 3.8) is 0 Å². The summed E-state index contributed by atoms with van der Waals surface area (Å²) in [5.41, 5.74) is 0.278. The third-order valence-corrected chi connectivity index (χ3v) is 3.07. The van der Waals surface area contributed by atoms with Crippen LogP contribution in [0.2, 0.25) is 0 Å². The molecule has 1 saturated carbocycles. The summed E-state index contributed by atoms with van der Waals surface area (Å²) in [6.45, 7) is 0.549. The summed E-state index contributed by atoms with van der Waals surface area (Å²) in [5.74, 6) is 0.921. The van der Waals surface area contributed by atoms with E-state index in [1.165, 1.54) is 6.07 Å². The Kier molecular flexibility index (Phi) is 3.41. The van der Waals surface area contributed by atoms with Crippen molar-refractivity contribution in [2.75, 3.05) is 11.3 Å². The van der Waals surface area contributed by atoms with Crippen molar-refractivity contribution in [1.29, 1.82) is 5.26 Å². The van der Waals surface area contributed by atoms with Gasteiger partial charge in [-0.1, -0.05) is 6.07 Å². The maximum absolute atomic E-state index is 11.0. The van der Waals surface area contributed by atoms with Crippen molar-refractivity contribution in [2.45, 2.75) is 12.8 Å². The Morgan fingerprint density at radius 3 is 2.78 bits per heavy atom. The maximum Gasteiger partial charge on any atom is 0.296 e. The van der Waals surface area contributed by atoms with Crippen LogP contribution in [0.25, 0.3) is 0 Å². The quantitative estimate of drug-likeness (QED) is 0.828. The zero-order valence-electron chi connectivity index (χ0n) is 9.59. The van der Waals surface area contributed by atoms with E-state index in [1.54, 1.807) is 12.1 Å². The Morgan fingerprint density at radius 2 is 2.22 bits per heavy atom. The van der Waals surface area contributed by atoms with Crippen LogP contribution in [-0.2, 0) is 10.2 Å². The van der Waals surface area contributed by atoms with E-state index in [-0.39, 0.29) is 11.3 Å². The molecule has 0 bridgehead atoms. The lowest BCUT2D eigenvalue weighted by Gasteiger charge is -2.11. The van der Waals surface area contributed by atoms with E-state index in [0.29, 0.717) is 18.3 Å². The average molecular weight is 267 g/mol. The van der Waals surface area contributed by atoms with Crippen LogP contribution >= 0.6 is 0 Å². The Morgan fingerprint density at radius 1 is 1.50 bits per heavy atom. The monoisotopic (exact) mass is 267 g/mol. The first-order valence-electron chi connectivity index (χ1n) is 5.46. The molecule has 0 unspecified atom stereocenters. The second kappa shape index (κ2) is 4.84. The van der Waals surface area contributed by atoms with Gasteiger partial charge in [0.25, 0.3) is 10.2 Å². The van der Waals surface area contributed by atoms with Crippen molar-refractivity contribution < 1.29 is 13.2 Å². The molecule has 0 aromatic heterocycles. The zero-order chi connectivity index (χ0) is 13.2. The third kappa shape index (κ3) is 3.35. The lowest BCUT2D eigenvalue weighted by atomic mass is 10.2. The number of nitrogens with two attached hydrogens (primary N) is 1. The highest BCUT2D eigenvalue weighted by Crippen LogP contribution is 2.32. The van der Waals surface area contributed by atoms with Gasteiger partial charge in [-0.25, -0.2) is 5.14 Å². The average Bonchev–Trinajstić information content (AvgIpc) is 3.08. The first-order chi connectivity index (χ1) is 8.49. The molecule has 0 aliphatic heterocycles. The summed E-state index contributed by atoms with van der Waals surface area (Å²) >= 11 is 0. The van der Waals surface area contributed by atoms with Gasteiger partial charge in [0.15, 0.2) is 0 Å². The molecule has 0 saturated heterocycles. The standard InChI is InChI=1S/C11H13N3O3S/c12-6-9-10(14-18(13,15)16)2-1-3-11(9)17-7-8-4-5-8/h1-3,8,14H,4-5,7H2,(H2,13,15,16). The van der Waals surface area contributed by atoms with Crippen LogP contribution in [0.15, 0.2) is 18.2 Å². The van der Waals surface area contributed by atoms with E-state index in [4.69, 9.17) is 15.1 Å². The number of ether oxygens (including phenoxy) is 1. The molecular weight excluding hydrogens is 254 g/mol. The molecule has 0 atom stereocenters. The van der Waals surface area contributed by atoms with E-state index in [2.05, 4.69) is 4.72 Å². The number of nitrogens with zero attached hydrogens (tertiary/aromatic N) is 1. The Labute approximate surface area is 106 Å². The summed E-state index contributed by atoms with van der Waals surface area (Å²) in [6.07, 6.45) is 2.27. The Bertz CT molecular complexity index is 588. The molecule has 0 spiro atoms. The molecule has 7 heteroatoms. The molecule has 0 amide bonds. The molecular formula is C11H13N3O3S. The second-order valence-electron chi connectivity index (χ2n) is 4.19. The predicted octanol–water partition coefficient (Wildman–Crippen LogP) is 0.962. The van der Waals surface area contributed by atoms with E-state index in [1.807, 2.05) is 6.07 Å². The van der Waals surface area contributed by atoms with Gasteiger partial charge < -0.3 is 4.74 Å². The van der Waals surface area contributed by atoms with Gasteiger partial charge in [-0.2, -0.15) is 13.7 Å². The molecule has 1 aromatic rings. The van der Waals surface area contributed by atoms with Crippen LogP contribution in [0.5, 0.6) is 5.75 Å². The van der Waals surface area contributed by atoms with E-state index in [9.17, 15) is 8.42 Å². The van der Waals surface area contributed by atoms with E-state index < -0.39 is 10.2 Å². The molecule has 0 radical (unpaired) electrons. The lowest BCUT2D eigenvalue weighted by Crippen LogP contribution is -2.22. The maximum atomic E-state index is 11.0. The van der Waals surface area contributed by atoms with Gasteiger partial charge >= 0.3 is 0 Å². The first-order valence-corrected chi connectivity index (χ1v) is 7.00. The number of nitrogens with one attached hydrogen (secondary N) is 1. The zero-order valence-corrected chi connectivity index (χ0v) is 10.4. The molecule has 18 heavy (non-hydrogen) atoms. The topological polar surface area (TPSA) is 105 Å². The highest BCUT2D eigenvalue weighted by molar-refractivity contribution is 7.90. The second-order valence-corrected chi connectivity index (χ2v) is 5.49. The SMILES string of the molecule is N#Cc1c(NS(N)(=O)=O)cccc1OCC1CC1. The Hall–Kier alpha value is -1.78. The van der Waals surface area contributed by atoms with Crippen molar-refractivity contribution in [3.8, 4) is 11.8 Å². The van der Waals surface area contributed by atoms with Crippen LogP contribution in [-0.4, -0.2) is 15.0 Å². The molecule has 1 aliphatic rings. The molecule has 3 N–H and O–H groups in total. The van der Waals surface area contributed by atoms with Gasteiger partial charge in [0.05, 0.1) is 12.3 Å². The van der Waals surface area contributed by atoms with Gasteiger partial charge in [0.2, 0.25) is 0 Å². The molecule has 6 nitrogen and oxygen atoms in total. The van der Waals surface area contributed by atoms with Crippen LogP contribution < -0.4 is 14.6 Å². The fourth-order valence-electron chi connectivity index (χ4n) is 1.50. The number of rotatable bonds is 5. The summed E-state index contributed by atoms with van der Waals surface area (Å²) in [6, 6.07) is 6.63. The normalized spacial score (nSPS) is 14.9. The van der Waals surface area contributed by atoms with E-state index >= 15 is 0 Å². The first kappa shape index (κ1) is 12.7. The minimum Gasteiger partial charge on any atom is -0.492 e. The number of hydrogen-bond donors (Lipinski definition) is 2. The number of nitriles is 1. The van der Waals surface area contributed by atoms with Gasteiger partial charge in [-0.3, -0.25) is 4.72 Å². The van der Waals surface area contributed by atoms with Gasteiger partial charge in [-0.15, -0.1) is 0 Å². The highest BCUT2D eigenvalue weighted by atomic mass is 32.2. The minimum absolute atomic E-state index is 0.133. The fraction of sp³-hybridized carbons (Fsp3) is 0.364. The largest absolute Gasteiger partial charge is 0.492 e. The summed E-state index contributed by atoms with van der Waals surface area (Å²) in [4.78, 5) is 0. The van der Waals surface area contributed by atoms with Crippen LogP contribution in [0.4, 0.5) is 5.69 Å². The Balaban J connectivity index is 2.24. The molecule has 1 aromatic carbocycles. The molecule has 2 rings (SSSR count). The molecule has 0 heterocycles. The smallest absolute Gasteiger partial charge is 0.296 e. The molecule has 1 aliphatic carbocycles. The van der Waals surface area contributed by atoms with Crippen LogP contribution in [0.1, 0.15) is 18.4 Å². The van der Waals surface area contributed by atoms with Crippen molar-refractivity contribution >= 4 is 15.9 Å². The van der Waals surface area contributed by atoms with Crippen LogP contribution in [0.3, 0.4) is 0 Å². The lowest BCUT2D eigenvalue weighted by molar-refractivity contribution is 0.299. The predicted molar refractivity (Wildman–Crippen MR) is 66.1 cm³/mol. The molecule has 96 valence electrons. The summed E-state index contributed by atoms with van der Waals surface area (Å²) < 4.78 is 29.5. The van der Waals surface area contributed by atoms with Crippen molar-refractivity contribution in [1.82, 2.24) is 0 Å². The minimum atomic E-state index is -3.90. The van der Waals surface area contributed by atoms with Crippen molar-refractivity contribution in [2.24, 2.45) is 11.1 Å². The number of anilines is 1. The number of hydrogen-bond acceptors (Lipinski definition) is 4. The van der Waals surface area contributed by atoms with E-state index in [0.717, 1.165) is 12.8 Å². The van der Waals surface area contributed by atoms with Gasteiger partial charge in [0.1, 0.15) is 17.4 Å².